The molecule has 10 heteroatoms. The van der Waals surface area contributed by atoms with Gasteiger partial charge < -0.3 is 5.11 Å². The molecule has 3 aliphatic rings. The fourth-order valence-electron chi connectivity index (χ4n) is 8.02. The maximum Gasteiger partial charge on any atom is 0.347 e. The Balaban J connectivity index is 1.45. The van der Waals surface area contributed by atoms with E-state index >= 15 is 4.79 Å². The first-order valence-electron chi connectivity index (χ1n) is 15.3. The topological polar surface area (TPSA) is 119 Å². The standard InChI is InChI=1S/C36H31N5O5/c1-21-12-15-24(16-13-21)37-40-32(43)27-20-28-26(18-19-39-34(45)38(2)35(46)41(28)39)31(36(27,33(40)44)23-9-4-3-5-10-23)30-25-11-7-6-8-22(25)14-17-29(30)42/h3-18,27-28,31,37,42H,19-20H2,1-2H3. The van der Waals surface area contributed by atoms with E-state index in [2.05, 4.69) is 5.43 Å². The Labute approximate surface area is 263 Å². The van der Waals surface area contributed by atoms with Crippen LogP contribution in [-0.2, 0) is 28.6 Å². The largest absolute Gasteiger partial charge is 0.508 e. The first-order chi connectivity index (χ1) is 22.2. The molecular formula is C36H31N5O5. The number of benzene rings is 4. The molecule has 2 fully saturated rings. The van der Waals surface area contributed by atoms with Crippen LogP contribution in [-0.4, -0.2) is 35.9 Å². The molecule has 4 aromatic carbocycles. The summed E-state index contributed by atoms with van der Waals surface area (Å²) in [4.78, 5) is 56.6. The number of hydrazine groups is 1. The van der Waals surface area contributed by atoms with Crippen molar-refractivity contribution < 1.29 is 14.7 Å². The summed E-state index contributed by atoms with van der Waals surface area (Å²) in [5.74, 6) is -2.72. The van der Waals surface area contributed by atoms with Crippen molar-refractivity contribution >= 4 is 28.3 Å². The summed E-state index contributed by atoms with van der Waals surface area (Å²) in [6.07, 6.45) is 1.99. The number of fused-ring (bicyclic) bond motifs is 5. The lowest BCUT2D eigenvalue weighted by Gasteiger charge is -2.49. The van der Waals surface area contributed by atoms with Crippen molar-refractivity contribution in [1.29, 1.82) is 0 Å². The summed E-state index contributed by atoms with van der Waals surface area (Å²) in [6.45, 7) is 2.06. The highest BCUT2D eigenvalue weighted by Gasteiger charge is 2.69. The van der Waals surface area contributed by atoms with Gasteiger partial charge in [-0.1, -0.05) is 84.4 Å². The smallest absolute Gasteiger partial charge is 0.347 e. The number of hydrogen-bond acceptors (Lipinski definition) is 6. The number of allylic oxidation sites excluding steroid dienone is 2. The molecule has 2 aliphatic heterocycles. The van der Waals surface area contributed by atoms with E-state index in [4.69, 9.17) is 0 Å². The minimum Gasteiger partial charge on any atom is -0.508 e. The lowest BCUT2D eigenvalue weighted by molar-refractivity contribution is -0.138. The van der Waals surface area contributed by atoms with E-state index in [0.717, 1.165) is 25.9 Å². The van der Waals surface area contributed by atoms with Crippen molar-refractivity contribution in [3.8, 4) is 5.75 Å². The van der Waals surface area contributed by atoms with Crippen LogP contribution in [0.5, 0.6) is 5.75 Å². The quantitative estimate of drug-likeness (QED) is 0.233. The average Bonchev–Trinajstić information content (AvgIpc) is 3.43. The Hall–Kier alpha value is -5.64. The monoisotopic (exact) mass is 613 g/mol. The van der Waals surface area contributed by atoms with Crippen LogP contribution in [0.4, 0.5) is 5.69 Å². The van der Waals surface area contributed by atoms with Crippen LogP contribution >= 0.6 is 0 Å². The van der Waals surface area contributed by atoms with Gasteiger partial charge in [-0.3, -0.25) is 15.0 Å². The van der Waals surface area contributed by atoms with Crippen LogP contribution in [0, 0.1) is 12.8 Å². The zero-order valence-corrected chi connectivity index (χ0v) is 25.3. The van der Waals surface area contributed by atoms with E-state index in [1.807, 2.05) is 97.9 Å². The summed E-state index contributed by atoms with van der Waals surface area (Å²) in [7, 11) is 1.44. The maximum absolute atomic E-state index is 15.2. The third kappa shape index (κ3) is 3.64. The van der Waals surface area contributed by atoms with Gasteiger partial charge in [0, 0.05) is 18.5 Å². The molecule has 0 radical (unpaired) electrons. The van der Waals surface area contributed by atoms with Gasteiger partial charge in [-0.05, 0) is 53.5 Å². The van der Waals surface area contributed by atoms with Gasteiger partial charge in [0.25, 0.3) is 11.8 Å². The van der Waals surface area contributed by atoms with Crippen molar-refractivity contribution in [2.24, 2.45) is 13.0 Å². The molecule has 5 aromatic rings. The van der Waals surface area contributed by atoms with E-state index in [0.29, 0.717) is 22.4 Å². The molecule has 2 N–H and O–H groups in total. The molecule has 46 heavy (non-hydrogen) atoms. The van der Waals surface area contributed by atoms with Crippen LogP contribution in [0.2, 0.25) is 0 Å². The lowest BCUT2D eigenvalue weighted by atomic mass is 9.53. The average molecular weight is 614 g/mol. The first-order valence-corrected chi connectivity index (χ1v) is 15.3. The molecule has 1 aliphatic carbocycles. The molecule has 2 amide bonds. The molecule has 1 saturated carbocycles. The molecule has 8 rings (SSSR count). The Morgan fingerprint density at radius 1 is 0.848 bits per heavy atom. The van der Waals surface area contributed by atoms with Crippen molar-refractivity contribution in [3.63, 3.8) is 0 Å². The van der Waals surface area contributed by atoms with Crippen molar-refractivity contribution in [2.75, 3.05) is 5.43 Å². The molecule has 10 nitrogen and oxygen atoms in total. The number of aromatic hydroxyl groups is 1. The Kier molecular flexibility index (Phi) is 6.02. The molecule has 1 aromatic heterocycles. The predicted molar refractivity (Wildman–Crippen MR) is 172 cm³/mol. The van der Waals surface area contributed by atoms with E-state index in [-0.39, 0.29) is 18.7 Å². The number of nitrogens with zero attached hydrogens (tertiary/aromatic N) is 4. The molecular weight excluding hydrogens is 582 g/mol. The van der Waals surface area contributed by atoms with Gasteiger partial charge in [0.05, 0.1) is 29.6 Å². The number of carbonyl (C=O) groups is 2. The van der Waals surface area contributed by atoms with E-state index < -0.39 is 46.5 Å². The van der Waals surface area contributed by atoms with Gasteiger partial charge in [-0.15, -0.1) is 0 Å². The summed E-state index contributed by atoms with van der Waals surface area (Å²) in [5, 5.41) is 14.4. The number of nitrogens with one attached hydrogen (secondary N) is 1. The number of aromatic nitrogens is 3. The highest BCUT2D eigenvalue weighted by atomic mass is 16.3. The summed E-state index contributed by atoms with van der Waals surface area (Å²) < 4.78 is 3.87. The maximum atomic E-state index is 15.2. The number of aryl methyl sites for hydroxylation is 1. The highest BCUT2D eigenvalue weighted by Crippen LogP contribution is 2.63. The Morgan fingerprint density at radius 3 is 2.33 bits per heavy atom. The Bertz CT molecular complexity index is 2230. The van der Waals surface area contributed by atoms with Crippen molar-refractivity contribution in [3.05, 3.63) is 140 Å². The third-order valence-corrected chi connectivity index (χ3v) is 10.1. The van der Waals surface area contributed by atoms with E-state index in [1.165, 1.54) is 16.4 Å². The van der Waals surface area contributed by atoms with E-state index in [1.54, 1.807) is 6.07 Å². The number of phenolic OH excluding ortho intramolecular Hbond substituents is 1. The number of phenols is 1. The predicted octanol–water partition coefficient (Wildman–Crippen LogP) is 4.13. The number of rotatable bonds is 4. The summed E-state index contributed by atoms with van der Waals surface area (Å²) >= 11 is 0. The molecule has 0 bridgehead atoms. The van der Waals surface area contributed by atoms with Gasteiger partial charge in [0.15, 0.2) is 0 Å². The second-order valence-electron chi connectivity index (χ2n) is 12.4. The number of amides is 2. The zero-order chi connectivity index (χ0) is 31.9. The second kappa shape index (κ2) is 9.93. The van der Waals surface area contributed by atoms with Gasteiger partial charge in [0.1, 0.15) is 5.75 Å². The normalized spacial score (nSPS) is 23.6. The molecule has 230 valence electrons. The minimum absolute atomic E-state index is 0.0205. The van der Waals surface area contributed by atoms with Crippen LogP contribution in [0.15, 0.2) is 112 Å². The molecule has 4 atom stereocenters. The van der Waals surface area contributed by atoms with Crippen LogP contribution < -0.4 is 16.8 Å². The fourth-order valence-corrected chi connectivity index (χ4v) is 8.02. The molecule has 3 heterocycles. The SMILES string of the molecule is Cc1ccc(NN2C(=O)C3CC4C(=CCn5c(=O)n(C)c(=O)n54)C(c4c(O)ccc5ccccc45)C3(c3ccccc3)C2=O)cc1. The van der Waals surface area contributed by atoms with Gasteiger partial charge in [-0.25, -0.2) is 23.5 Å². The van der Waals surface area contributed by atoms with Gasteiger partial charge in [0.2, 0.25) is 0 Å². The lowest BCUT2D eigenvalue weighted by Crippen LogP contribution is -2.53. The second-order valence-corrected chi connectivity index (χ2v) is 12.4. The van der Waals surface area contributed by atoms with Crippen LogP contribution in [0.3, 0.4) is 0 Å². The van der Waals surface area contributed by atoms with E-state index in [9.17, 15) is 19.5 Å². The van der Waals surface area contributed by atoms with Gasteiger partial charge in [-0.2, -0.15) is 5.01 Å². The van der Waals surface area contributed by atoms with Crippen LogP contribution in [0.25, 0.3) is 10.8 Å². The number of carbonyl (C=O) groups excluding carboxylic acids is 2. The number of anilines is 1. The number of imide groups is 1. The van der Waals surface area contributed by atoms with Crippen molar-refractivity contribution in [1.82, 2.24) is 18.9 Å². The summed E-state index contributed by atoms with van der Waals surface area (Å²) in [5.41, 5.74) is 4.09. The Morgan fingerprint density at radius 2 is 1.57 bits per heavy atom. The molecule has 1 saturated heterocycles. The number of hydrogen-bond donors (Lipinski definition) is 2. The highest BCUT2D eigenvalue weighted by molar-refractivity contribution is 6.13. The molecule has 4 unspecified atom stereocenters. The van der Waals surface area contributed by atoms with Crippen LogP contribution in [0.1, 0.15) is 35.1 Å². The third-order valence-electron chi connectivity index (χ3n) is 10.1. The summed E-state index contributed by atoms with van der Waals surface area (Å²) in [6, 6.07) is 27.0. The zero-order valence-electron chi connectivity index (χ0n) is 25.3. The van der Waals surface area contributed by atoms with Gasteiger partial charge >= 0.3 is 11.4 Å². The minimum atomic E-state index is -1.49. The molecule has 0 spiro atoms. The van der Waals surface area contributed by atoms with Crippen molar-refractivity contribution in [2.45, 2.75) is 37.3 Å². The fraction of sp³-hybridized carbons (Fsp3) is 0.222. The first kappa shape index (κ1) is 27.9.